The minimum Gasteiger partial charge on any atom is -0.389 e. The van der Waals surface area contributed by atoms with Gasteiger partial charge in [0, 0.05) is 6.61 Å². The minimum atomic E-state index is -0.604. The zero-order valence-electron chi connectivity index (χ0n) is 20.6. The van der Waals surface area contributed by atoms with Crippen molar-refractivity contribution >= 4 is 17.0 Å². The van der Waals surface area contributed by atoms with E-state index in [2.05, 4.69) is 34.0 Å². The van der Waals surface area contributed by atoms with Crippen LogP contribution in [0.25, 0.3) is 11.2 Å². The molecule has 0 fully saturated rings. The molecule has 0 aliphatic rings. The Hall–Kier alpha value is -1.99. The van der Waals surface area contributed by atoms with E-state index in [4.69, 9.17) is 10.5 Å². The normalized spacial score (nSPS) is 12.8. The van der Waals surface area contributed by atoms with Crippen LogP contribution in [0.4, 0.5) is 5.82 Å². The summed E-state index contributed by atoms with van der Waals surface area (Å²) in [5.74, 6) is 0.351. The molecule has 2 heterocycles. The van der Waals surface area contributed by atoms with Gasteiger partial charge in [0.1, 0.15) is 11.8 Å². The van der Waals surface area contributed by atoms with Crippen molar-refractivity contribution in [2.45, 2.75) is 109 Å². The maximum Gasteiger partial charge on any atom is 0.165 e. The van der Waals surface area contributed by atoms with Crippen LogP contribution in [0.2, 0.25) is 0 Å². The van der Waals surface area contributed by atoms with Gasteiger partial charge >= 0.3 is 0 Å². The summed E-state index contributed by atoms with van der Waals surface area (Å²) in [6, 6.07) is 0. The Morgan fingerprint density at radius 2 is 1.55 bits per heavy atom. The van der Waals surface area contributed by atoms with Crippen molar-refractivity contribution < 1.29 is 9.84 Å². The number of nitrogens with two attached hydrogens (primary N) is 1. The first-order valence-electron chi connectivity index (χ1n) is 13.0. The monoisotopic (exact) mass is 459 g/mol. The van der Waals surface area contributed by atoms with Crippen molar-refractivity contribution in [2.24, 2.45) is 0 Å². The summed E-state index contributed by atoms with van der Waals surface area (Å²) in [7, 11) is 0. The fraction of sp³-hybridized carbons (Fsp3) is 0.731. The van der Waals surface area contributed by atoms with Crippen molar-refractivity contribution in [1.29, 1.82) is 0 Å². The third-order valence-electron chi connectivity index (χ3n) is 5.95. The molecule has 7 nitrogen and oxygen atoms in total. The van der Waals surface area contributed by atoms with E-state index in [1.165, 1.54) is 89.8 Å². The molecule has 0 radical (unpaired) electrons. The molecular formula is C26H45N5O2. The Labute approximate surface area is 199 Å². The number of fused-ring (bicyclic) bond motifs is 1. The summed E-state index contributed by atoms with van der Waals surface area (Å²) < 4.78 is 7.43. The van der Waals surface area contributed by atoms with Gasteiger partial charge in [-0.15, -0.1) is 0 Å². The molecule has 186 valence electrons. The van der Waals surface area contributed by atoms with E-state index >= 15 is 0 Å². The lowest BCUT2D eigenvalue weighted by Crippen LogP contribution is -2.22. The van der Waals surface area contributed by atoms with E-state index in [0.717, 1.165) is 6.42 Å². The van der Waals surface area contributed by atoms with Crippen molar-refractivity contribution in [3.8, 4) is 0 Å². The van der Waals surface area contributed by atoms with Gasteiger partial charge in [0.2, 0.25) is 0 Å². The van der Waals surface area contributed by atoms with E-state index in [1.54, 1.807) is 10.9 Å². The Balaban J connectivity index is 1.37. The van der Waals surface area contributed by atoms with Crippen LogP contribution in [-0.4, -0.2) is 43.9 Å². The van der Waals surface area contributed by atoms with Gasteiger partial charge in [0.25, 0.3) is 0 Å². The number of nitrogens with zero attached hydrogens (tertiary/aromatic N) is 4. The molecule has 1 unspecified atom stereocenters. The fourth-order valence-electron chi connectivity index (χ4n) is 3.98. The van der Waals surface area contributed by atoms with Gasteiger partial charge in [0.05, 0.1) is 25.6 Å². The van der Waals surface area contributed by atoms with E-state index in [-0.39, 0.29) is 0 Å². The summed E-state index contributed by atoms with van der Waals surface area (Å²) in [5.41, 5.74) is 6.99. The lowest BCUT2D eigenvalue weighted by Gasteiger charge is -2.12. The molecule has 1 atom stereocenters. The van der Waals surface area contributed by atoms with E-state index in [9.17, 15) is 5.11 Å². The number of allylic oxidation sites excluding steroid dienone is 2. The SMILES string of the molecule is CCCCCCCCC=CCCCCCCCCOCC(O)Cn1cnc2c(N)ncnc21. The molecule has 33 heavy (non-hydrogen) atoms. The molecule has 7 heteroatoms. The van der Waals surface area contributed by atoms with Crippen molar-refractivity contribution in [1.82, 2.24) is 19.5 Å². The highest BCUT2D eigenvalue weighted by Gasteiger charge is 2.11. The number of ether oxygens (including phenoxy) is 1. The number of hydrogen-bond acceptors (Lipinski definition) is 6. The van der Waals surface area contributed by atoms with Crippen LogP contribution in [0.5, 0.6) is 0 Å². The minimum absolute atomic E-state index is 0.311. The average molecular weight is 460 g/mol. The fourth-order valence-corrected chi connectivity index (χ4v) is 3.98. The summed E-state index contributed by atoms with van der Waals surface area (Å²) in [6.07, 6.45) is 25.3. The topological polar surface area (TPSA) is 99.1 Å². The number of nitrogen functional groups attached to an aromatic ring is 1. The van der Waals surface area contributed by atoms with Crippen LogP contribution in [0.15, 0.2) is 24.8 Å². The number of rotatable bonds is 20. The van der Waals surface area contributed by atoms with Gasteiger partial charge in [-0.05, 0) is 32.1 Å². The summed E-state index contributed by atoms with van der Waals surface area (Å²) in [4.78, 5) is 12.3. The van der Waals surface area contributed by atoms with Crippen molar-refractivity contribution in [3.05, 3.63) is 24.8 Å². The number of aromatic nitrogens is 4. The second-order valence-corrected chi connectivity index (χ2v) is 8.99. The molecule has 3 N–H and O–H groups in total. The quantitative estimate of drug-likeness (QED) is 0.191. The van der Waals surface area contributed by atoms with E-state index in [1.807, 2.05) is 0 Å². The number of aliphatic hydroxyl groups excluding tert-OH is 1. The summed E-state index contributed by atoms with van der Waals surface area (Å²) in [5, 5.41) is 10.2. The van der Waals surface area contributed by atoms with E-state index < -0.39 is 6.10 Å². The number of imidazole rings is 1. The molecule has 2 rings (SSSR count). The second-order valence-electron chi connectivity index (χ2n) is 8.99. The molecule has 0 saturated carbocycles. The molecule has 0 amide bonds. The average Bonchev–Trinajstić information content (AvgIpc) is 3.22. The van der Waals surface area contributed by atoms with Crippen molar-refractivity contribution in [3.63, 3.8) is 0 Å². The maximum absolute atomic E-state index is 10.2. The highest BCUT2D eigenvalue weighted by Crippen LogP contribution is 2.14. The predicted octanol–water partition coefficient (Wildman–Crippen LogP) is 5.82. The zero-order valence-corrected chi connectivity index (χ0v) is 20.6. The lowest BCUT2D eigenvalue weighted by atomic mass is 10.1. The van der Waals surface area contributed by atoms with Gasteiger partial charge < -0.3 is 20.1 Å². The number of anilines is 1. The smallest absolute Gasteiger partial charge is 0.165 e. The Bertz CT molecular complexity index is 777. The molecule has 0 saturated heterocycles. The predicted molar refractivity (Wildman–Crippen MR) is 136 cm³/mol. The number of hydrogen-bond donors (Lipinski definition) is 2. The zero-order chi connectivity index (χ0) is 23.6. The van der Waals surface area contributed by atoms with Gasteiger partial charge in [-0.2, -0.15) is 0 Å². The molecule has 0 aliphatic heterocycles. The van der Waals surface area contributed by atoms with Gasteiger partial charge in [-0.3, -0.25) is 0 Å². The highest BCUT2D eigenvalue weighted by molar-refractivity contribution is 5.81. The first kappa shape index (κ1) is 27.3. The van der Waals surface area contributed by atoms with Crippen LogP contribution < -0.4 is 5.73 Å². The first-order valence-corrected chi connectivity index (χ1v) is 13.0. The molecule has 0 spiro atoms. The highest BCUT2D eigenvalue weighted by atomic mass is 16.5. The third-order valence-corrected chi connectivity index (χ3v) is 5.95. The van der Waals surface area contributed by atoms with E-state index in [0.29, 0.717) is 36.7 Å². The van der Waals surface area contributed by atoms with Crippen LogP contribution in [0.1, 0.15) is 96.8 Å². The Morgan fingerprint density at radius 1 is 0.909 bits per heavy atom. The van der Waals surface area contributed by atoms with Crippen LogP contribution in [0.3, 0.4) is 0 Å². The largest absolute Gasteiger partial charge is 0.389 e. The Morgan fingerprint density at radius 3 is 2.24 bits per heavy atom. The lowest BCUT2D eigenvalue weighted by molar-refractivity contribution is 0.0271. The second kappa shape index (κ2) is 17.5. The van der Waals surface area contributed by atoms with Gasteiger partial charge in [-0.25, -0.2) is 15.0 Å². The molecule has 0 bridgehead atoms. The first-order chi connectivity index (χ1) is 16.2. The Kier molecular flexibility index (Phi) is 14.4. The number of unbranched alkanes of at least 4 members (excludes halogenated alkanes) is 12. The summed E-state index contributed by atoms with van der Waals surface area (Å²) in [6.45, 7) is 3.65. The van der Waals surface area contributed by atoms with Crippen molar-refractivity contribution in [2.75, 3.05) is 18.9 Å². The molecule has 0 aliphatic carbocycles. The maximum atomic E-state index is 10.2. The van der Waals surface area contributed by atoms with Crippen LogP contribution in [0, 0.1) is 0 Å². The standard InChI is InChI=1S/C26H45N5O2/c1-2-3-4-5-6-7-8-9-10-11-12-13-14-15-16-17-18-33-20-23(32)19-31-22-30-24-25(27)28-21-29-26(24)31/h9-10,21-23,32H,2-8,11-20H2,1H3,(H2,27,28,29). The van der Waals surface area contributed by atoms with Crippen LogP contribution in [-0.2, 0) is 11.3 Å². The number of aliphatic hydroxyl groups is 1. The molecule has 2 aromatic rings. The summed E-state index contributed by atoms with van der Waals surface area (Å²) >= 11 is 0. The van der Waals surface area contributed by atoms with Gasteiger partial charge in [0.15, 0.2) is 11.5 Å². The molecule has 2 aromatic heterocycles. The van der Waals surface area contributed by atoms with Gasteiger partial charge in [-0.1, -0.05) is 76.9 Å². The third kappa shape index (κ3) is 11.6. The molecule has 0 aromatic carbocycles. The molecular weight excluding hydrogens is 414 g/mol. The van der Waals surface area contributed by atoms with Crippen LogP contribution >= 0.6 is 0 Å².